The molecule has 0 fully saturated rings. The number of hydrogen-bond donors (Lipinski definition) is 1. The number of nitrogens with zero attached hydrogens (tertiary/aromatic N) is 2. The Bertz CT molecular complexity index is 285. The van der Waals surface area contributed by atoms with Gasteiger partial charge in [0.05, 0.1) is 4.47 Å². The van der Waals surface area contributed by atoms with Crippen LogP contribution in [0.1, 0.15) is 40.0 Å². The Balaban J connectivity index is 2.78. The molecule has 0 unspecified atom stereocenters. The molecule has 0 aliphatic rings. The fourth-order valence-corrected chi connectivity index (χ4v) is 1.83. The van der Waals surface area contributed by atoms with Crippen molar-refractivity contribution in [3.63, 3.8) is 0 Å². The van der Waals surface area contributed by atoms with Crippen molar-refractivity contribution in [1.82, 2.24) is 9.97 Å². The summed E-state index contributed by atoms with van der Waals surface area (Å²) in [7, 11) is 0. The van der Waals surface area contributed by atoms with Gasteiger partial charge in [-0.25, -0.2) is 9.97 Å². The predicted octanol–water partition coefficient (Wildman–Crippen LogP) is 3.62. The van der Waals surface area contributed by atoms with E-state index in [9.17, 15) is 0 Å². The van der Waals surface area contributed by atoms with Gasteiger partial charge in [-0.2, -0.15) is 0 Å². The number of hydrogen-bond acceptors (Lipinski definition) is 3. The molecule has 1 heterocycles. The van der Waals surface area contributed by atoms with Gasteiger partial charge in [0.25, 0.3) is 0 Å². The SMILES string of the molecule is CCC(CC)(CC)Nc1ncc(Br)cn1. The largest absolute Gasteiger partial charge is 0.349 e. The topological polar surface area (TPSA) is 37.8 Å². The average Bonchev–Trinajstić information content (AvgIpc) is 2.29. The van der Waals surface area contributed by atoms with Gasteiger partial charge in [0.1, 0.15) is 0 Å². The summed E-state index contributed by atoms with van der Waals surface area (Å²) in [6, 6.07) is 0. The second-order valence-electron chi connectivity index (χ2n) is 3.69. The molecule has 0 bridgehead atoms. The van der Waals surface area contributed by atoms with Gasteiger partial charge in [-0.3, -0.25) is 0 Å². The van der Waals surface area contributed by atoms with Crippen LogP contribution in [-0.2, 0) is 0 Å². The third kappa shape index (κ3) is 3.16. The van der Waals surface area contributed by atoms with Crippen LogP contribution in [0.2, 0.25) is 0 Å². The molecule has 1 rings (SSSR count). The Morgan fingerprint density at radius 1 is 1.13 bits per heavy atom. The minimum Gasteiger partial charge on any atom is -0.349 e. The van der Waals surface area contributed by atoms with E-state index in [0.717, 1.165) is 23.7 Å². The molecule has 0 aromatic carbocycles. The standard InChI is InChI=1S/C11H18BrN3/c1-4-11(5-2,6-3)15-10-13-7-9(12)8-14-10/h7-8H,4-6H2,1-3H3,(H,13,14,15). The molecular weight excluding hydrogens is 254 g/mol. The first-order valence-corrected chi connectivity index (χ1v) is 6.20. The Labute approximate surface area is 99.8 Å². The number of halogens is 1. The summed E-state index contributed by atoms with van der Waals surface area (Å²) in [5.41, 5.74) is 0.133. The second-order valence-corrected chi connectivity index (χ2v) is 4.61. The lowest BCUT2D eigenvalue weighted by Crippen LogP contribution is -2.36. The highest BCUT2D eigenvalue weighted by Crippen LogP contribution is 2.23. The second kappa shape index (κ2) is 5.45. The first kappa shape index (κ1) is 12.4. The van der Waals surface area contributed by atoms with Crippen LogP contribution in [0.4, 0.5) is 5.95 Å². The number of anilines is 1. The maximum Gasteiger partial charge on any atom is 0.223 e. The summed E-state index contributed by atoms with van der Waals surface area (Å²) >= 11 is 3.32. The molecule has 3 nitrogen and oxygen atoms in total. The Morgan fingerprint density at radius 2 is 1.60 bits per heavy atom. The molecule has 0 amide bonds. The summed E-state index contributed by atoms with van der Waals surface area (Å²) < 4.78 is 0.906. The molecule has 4 heteroatoms. The van der Waals surface area contributed by atoms with E-state index in [4.69, 9.17) is 0 Å². The molecule has 0 saturated carbocycles. The quantitative estimate of drug-likeness (QED) is 0.889. The number of nitrogens with one attached hydrogen (secondary N) is 1. The van der Waals surface area contributed by atoms with Crippen molar-refractivity contribution < 1.29 is 0 Å². The third-order valence-corrected chi connectivity index (χ3v) is 3.44. The van der Waals surface area contributed by atoms with Crippen molar-refractivity contribution in [2.75, 3.05) is 5.32 Å². The molecule has 0 saturated heterocycles. The average molecular weight is 272 g/mol. The summed E-state index contributed by atoms with van der Waals surface area (Å²) in [6.07, 6.45) is 6.78. The van der Waals surface area contributed by atoms with Gasteiger partial charge >= 0.3 is 0 Å². The normalized spacial score (nSPS) is 11.5. The Morgan fingerprint density at radius 3 is 2.00 bits per heavy atom. The minimum absolute atomic E-state index is 0.133. The van der Waals surface area contributed by atoms with E-state index >= 15 is 0 Å². The Kier molecular flexibility index (Phi) is 4.51. The van der Waals surface area contributed by atoms with E-state index in [1.54, 1.807) is 12.4 Å². The van der Waals surface area contributed by atoms with Crippen LogP contribution >= 0.6 is 15.9 Å². The summed E-state index contributed by atoms with van der Waals surface area (Å²) in [4.78, 5) is 8.48. The highest BCUT2D eigenvalue weighted by atomic mass is 79.9. The maximum atomic E-state index is 4.24. The van der Waals surface area contributed by atoms with Crippen molar-refractivity contribution in [1.29, 1.82) is 0 Å². The number of rotatable bonds is 5. The molecule has 1 aromatic heterocycles. The van der Waals surface area contributed by atoms with Gasteiger partial charge in [-0.05, 0) is 35.2 Å². The summed E-state index contributed by atoms with van der Waals surface area (Å²) in [5.74, 6) is 0.712. The van der Waals surface area contributed by atoms with Crippen LogP contribution in [0.3, 0.4) is 0 Å². The first-order chi connectivity index (χ1) is 7.15. The van der Waals surface area contributed by atoms with Crippen molar-refractivity contribution in [2.45, 2.75) is 45.6 Å². The van der Waals surface area contributed by atoms with Crippen LogP contribution in [0.5, 0.6) is 0 Å². The third-order valence-electron chi connectivity index (χ3n) is 3.03. The monoisotopic (exact) mass is 271 g/mol. The highest BCUT2D eigenvalue weighted by Gasteiger charge is 2.24. The maximum absolute atomic E-state index is 4.24. The van der Waals surface area contributed by atoms with Gasteiger partial charge < -0.3 is 5.32 Å². The van der Waals surface area contributed by atoms with Crippen LogP contribution < -0.4 is 5.32 Å². The van der Waals surface area contributed by atoms with Crippen LogP contribution in [0.15, 0.2) is 16.9 Å². The lowest BCUT2D eigenvalue weighted by molar-refractivity contribution is 0.417. The lowest BCUT2D eigenvalue weighted by Gasteiger charge is -2.31. The van der Waals surface area contributed by atoms with Crippen LogP contribution in [-0.4, -0.2) is 15.5 Å². The van der Waals surface area contributed by atoms with Crippen LogP contribution in [0, 0.1) is 0 Å². The Hall–Kier alpha value is -0.640. The van der Waals surface area contributed by atoms with E-state index in [1.807, 2.05) is 0 Å². The smallest absolute Gasteiger partial charge is 0.223 e. The molecule has 1 N–H and O–H groups in total. The molecule has 1 aromatic rings. The zero-order valence-electron chi connectivity index (χ0n) is 9.55. The van der Waals surface area contributed by atoms with Crippen molar-refractivity contribution in [3.05, 3.63) is 16.9 Å². The van der Waals surface area contributed by atoms with Crippen LogP contribution in [0.25, 0.3) is 0 Å². The van der Waals surface area contributed by atoms with Gasteiger partial charge in [0.2, 0.25) is 5.95 Å². The zero-order valence-corrected chi connectivity index (χ0v) is 11.1. The van der Waals surface area contributed by atoms with E-state index in [-0.39, 0.29) is 5.54 Å². The first-order valence-electron chi connectivity index (χ1n) is 5.41. The van der Waals surface area contributed by atoms with Gasteiger partial charge in [0, 0.05) is 17.9 Å². The van der Waals surface area contributed by atoms with E-state index in [0.29, 0.717) is 5.95 Å². The molecular formula is C11H18BrN3. The lowest BCUT2D eigenvalue weighted by atomic mass is 9.90. The fraction of sp³-hybridized carbons (Fsp3) is 0.636. The van der Waals surface area contributed by atoms with Crippen molar-refractivity contribution in [3.8, 4) is 0 Å². The van der Waals surface area contributed by atoms with Crippen molar-refractivity contribution >= 4 is 21.9 Å². The predicted molar refractivity (Wildman–Crippen MR) is 67.0 cm³/mol. The zero-order chi connectivity index (χ0) is 11.3. The molecule has 0 radical (unpaired) electrons. The minimum atomic E-state index is 0.133. The molecule has 15 heavy (non-hydrogen) atoms. The van der Waals surface area contributed by atoms with Gasteiger partial charge in [-0.15, -0.1) is 0 Å². The van der Waals surface area contributed by atoms with Crippen molar-refractivity contribution in [2.24, 2.45) is 0 Å². The van der Waals surface area contributed by atoms with E-state index in [2.05, 4.69) is 52.0 Å². The summed E-state index contributed by atoms with van der Waals surface area (Å²) in [5, 5.41) is 3.43. The molecule has 0 spiro atoms. The van der Waals surface area contributed by atoms with Gasteiger partial charge in [0.15, 0.2) is 0 Å². The van der Waals surface area contributed by atoms with Gasteiger partial charge in [-0.1, -0.05) is 20.8 Å². The molecule has 0 aliphatic heterocycles. The highest BCUT2D eigenvalue weighted by molar-refractivity contribution is 9.10. The number of aromatic nitrogens is 2. The van der Waals surface area contributed by atoms with E-state index < -0.39 is 0 Å². The van der Waals surface area contributed by atoms with E-state index in [1.165, 1.54) is 0 Å². The molecule has 84 valence electrons. The molecule has 0 atom stereocenters. The molecule has 0 aliphatic carbocycles. The fourth-order valence-electron chi connectivity index (χ4n) is 1.63. The summed E-state index contributed by atoms with van der Waals surface area (Å²) in [6.45, 7) is 6.58.